The minimum absolute atomic E-state index is 0.888. The fourth-order valence-electron chi connectivity index (χ4n) is 10.3. The number of rotatable bonds is 7. The molecule has 0 N–H and O–H groups in total. The van der Waals surface area contributed by atoms with E-state index in [1.165, 1.54) is 59.8 Å². The maximum atomic E-state index is 6.35. The van der Waals surface area contributed by atoms with Crippen molar-refractivity contribution in [1.82, 2.24) is 0 Å². The van der Waals surface area contributed by atoms with Gasteiger partial charge in [-0.05, 0) is 136 Å². The summed E-state index contributed by atoms with van der Waals surface area (Å²) in [7, 11) is 0. The Hall–Kier alpha value is -8.72. The highest BCUT2D eigenvalue weighted by Crippen LogP contribution is 2.43. The van der Waals surface area contributed by atoms with Crippen molar-refractivity contribution < 1.29 is 4.42 Å². The summed E-state index contributed by atoms with van der Waals surface area (Å²) < 4.78 is 6.35. The molecule has 0 unspecified atom stereocenters. The highest BCUT2D eigenvalue weighted by atomic mass is 16.3. The monoisotopic (exact) mass is 839 g/mol. The van der Waals surface area contributed by atoms with Crippen molar-refractivity contribution >= 4 is 82.1 Å². The van der Waals surface area contributed by atoms with Crippen molar-refractivity contribution in [2.24, 2.45) is 0 Å². The lowest BCUT2D eigenvalue weighted by Gasteiger charge is -2.27. The van der Waals surface area contributed by atoms with E-state index >= 15 is 0 Å². The zero-order chi connectivity index (χ0) is 43.6. The third-order valence-corrected chi connectivity index (χ3v) is 13.4. The van der Waals surface area contributed by atoms with E-state index in [2.05, 4.69) is 248 Å². The van der Waals surface area contributed by atoms with E-state index < -0.39 is 0 Å². The molecule has 0 amide bonds. The van der Waals surface area contributed by atoms with E-state index in [-0.39, 0.29) is 0 Å². The Morgan fingerprint density at radius 1 is 0.242 bits per heavy atom. The molecule has 0 bridgehead atoms. The molecule has 0 atom stereocenters. The third-order valence-electron chi connectivity index (χ3n) is 13.4. The molecule has 13 rings (SSSR count). The van der Waals surface area contributed by atoms with Gasteiger partial charge in [0.1, 0.15) is 11.2 Å². The number of benzene rings is 12. The summed E-state index contributed by atoms with van der Waals surface area (Å²) >= 11 is 0. The van der Waals surface area contributed by atoms with Crippen molar-refractivity contribution in [3.8, 4) is 44.5 Å². The standard InChI is InChI=1S/C64H41NO/c1-3-21-52-43(13-1)35-37-59-54(24-10-27-57(52)59)45-33-31-42(32-34-45)46-15-7-18-49(39-46)65(51-20-9-17-48(41-51)56-26-12-30-63-64(56)61-23-5-6-29-62(61)66-63)50-19-8-16-47(40-50)55-25-11-28-58-53-22-4-2-14-44(53)36-38-60(55)58/h1-41H. The van der Waals surface area contributed by atoms with Gasteiger partial charge < -0.3 is 9.32 Å². The number of hydrogen-bond acceptors (Lipinski definition) is 2. The first-order valence-corrected chi connectivity index (χ1v) is 22.7. The number of hydrogen-bond donors (Lipinski definition) is 0. The normalized spacial score (nSPS) is 11.6. The SMILES string of the molecule is c1cc(-c2ccc(-c3cccc4c3ccc3ccccc34)cc2)cc(N(c2cccc(-c3cccc4c3ccc3ccccc34)c2)c2cccc(-c3cccc4oc5ccccc5c34)c2)c1. The van der Waals surface area contributed by atoms with Crippen molar-refractivity contribution in [2.75, 3.05) is 4.90 Å². The first-order chi connectivity index (χ1) is 32.7. The summed E-state index contributed by atoms with van der Waals surface area (Å²) in [6.07, 6.45) is 0. The zero-order valence-electron chi connectivity index (χ0n) is 36.0. The molecule has 0 aliphatic carbocycles. The molecule has 308 valence electrons. The van der Waals surface area contributed by atoms with Gasteiger partial charge in [-0.15, -0.1) is 0 Å². The van der Waals surface area contributed by atoms with Crippen LogP contribution >= 0.6 is 0 Å². The number of fused-ring (bicyclic) bond motifs is 9. The molecule has 0 aliphatic heterocycles. The van der Waals surface area contributed by atoms with Crippen LogP contribution in [0.15, 0.2) is 253 Å². The predicted octanol–water partition coefficient (Wildman–Crippen LogP) is 18.3. The maximum absolute atomic E-state index is 6.35. The Morgan fingerprint density at radius 3 is 1.32 bits per heavy atom. The van der Waals surface area contributed by atoms with Crippen LogP contribution < -0.4 is 4.90 Å². The Labute approximate surface area is 382 Å². The minimum atomic E-state index is 0.888. The quantitative estimate of drug-likeness (QED) is 0.149. The molecule has 66 heavy (non-hydrogen) atoms. The van der Waals surface area contributed by atoms with Crippen LogP contribution in [0.1, 0.15) is 0 Å². The second-order valence-electron chi connectivity index (χ2n) is 17.2. The van der Waals surface area contributed by atoms with E-state index in [4.69, 9.17) is 4.42 Å². The van der Waals surface area contributed by atoms with Crippen LogP contribution in [0.25, 0.3) is 110 Å². The molecule has 2 heteroatoms. The fourth-order valence-corrected chi connectivity index (χ4v) is 10.3. The van der Waals surface area contributed by atoms with E-state index in [0.29, 0.717) is 0 Å². The lowest BCUT2D eigenvalue weighted by molar-refractivity contribution is 0.669. The molecule has 12 aromatic carbocycles. The number of nitrogens with zero attached hydrogens (tertiary/aromatic N) is 1. The van der Waals surface area contributed by atoms with Gasteiger partial charge >= 0.3 is 0 Å². The van der Waals surface area contributed by atoms with Crippen molar-refractivity contribution in [1.29, 1.82) is 0 Å². The zero-order valence-corrected chi connectivity index (χ0v) is 36.0. The molecule has 13 aromatic rings. The van der Waals surface area contributed by atoms with Gasteiger partial charge in [0.2, 0.25) is 0 Å². The average molecular weight is 840 g/mol. The number of furan rings is 1. The van der Waals surface area contributed by atoms with Crippen LogP contribution in [0.4, 0.5) is 17.1 Å². The number of anilines is 3. The Balaban J connectivity index is 0.941. The van der Waals surface area contributed by atoms with Crippen LogP contribution in [0.5, 0.6) is 0 Å². The van der Waals surface area contributed by atoms with Crippen LogP contribution in [0, 0.1) is 0 Å². The van der Waals surface area contributed by atoms with Crippen molar-refractivity contribution in [3.63, 3.8) is 0 Å². The summed E-state index contributed by atoms with van der Waals surface area (Å²) in [5, 5.41) is 12.3. The van der Waals surface area contributed by atoms with Gasteiger partial charge in [-0.3, -0.25) is 0 Å². The van der Waals surface area contributed by atoms with Gasteiger partial charge in [0.05, 0.1) is 0 Å². The molecule has 0 spiro atoms. The highest BCUT2D eigenvalue weighted by Gasteiger charge is 2.19. The molecular weight excluding hydrogens is 799 g/mol. The molecule has 1 heterocycles. The summed E-state index contributed by atoms with van der Waals surface area (Å²) in [5.74, 6) is 0. The molecule has 2 nitrogen and oxygen atoms in total. The lowest BCUT2D eigenvalue weighted by atomic mass is 9.93. The van der Waals surface area contributed by atoms with E-state index in [9.17, 15) is 0 Å². The van der Waals surface area contributed by atoms with Gasteiger partial charge in [0.15, 0.2) is 0 Å². The fraction of sp³-hybridized carbons (Fsp3) is 0. The molecule has 0 saturated heterocycles. The minimum Gasteiger partial charge on any atom is -0.456 e. The van der Waals surface area contributed by atoms with Crippen molar-refractivity contribution in [3.05, 3.63) is 249 Å². The van der Waals surface area contributed by atoms with Gasteiger partial charge in [-0.1, -0.05) is 200 Å². The maximum Gasteiger partial charge on any atom is 0.136 e. The van der Waals surface area contributed by atoms with Crippen LogP contribution in [0.3, 0.4) is 0 Å². The van der Waals surface area contributed by atoms with Crippen LogP contribution in [-0.4, -0.2) is 0 Å². The first-order valence-electron chi connectivity index (χ1n) is 22.7. The summed E-state index contributed by atoms with van der Waals surface area (Å²) in [4.78, 5) is 2.40. The predicted molar refractivity (Wildman–Crippen MR) is 280 cm³/mol. The molecule has 1 aromatic heterocycles. The van der Waals surface area contributed by atoms with Crippen LogP contribution in [-0.2, 0) is 0 Å². The van der Waals surface area contributed by atoms with Gasteiger partial charge in [0.25, 0.3) is 0 Å². The summed E-state index contributed by atoms with van der Waals surface area (Å²) in [6, 6.07) is 90.3. The smallest absolute Gasteiger partial charge is 0.136 e. The summed E-state index contributed by atoms with van der Waals surface area (Å²) in [5.41, 5.74) is 14.4. The third kappa shape index (κ3) is 6.34. The highest BCUT2D eigenvalue weighted by molar-refractivity contribution is 6.14. The van der Waals surface area contributed by atoms with Gasteiger partial charge in [-0.25, -0.2) is 0 Å². The number of para-hydroxylation sites is 1. The van der Waals surface area contributed by atoms with Crippen LogP contribution in [0.2, 0.25) is 0 Å². The lowest BCUT2D eigenvalue weighted by Crippen LogP contribution is -2.10. The topological polar surface area (TPSA) is 16.4 Å². The van der Waals surface area contributed by atoms with E-state index in [1.807, 2.05) is 6.07 Å². The molecular formula is C64H41NO. The van der Waals surface area contributed by atoms with Crippen molar-refractivity contribution in [2.45, 2.75) is 0 Å². The van der Waals surface area contributed by atoms with Gasteiger partial charge in [0, 0.05) is 27.8 Å². The summed E-state index contributed by atoms with van der Waals surface area (Å²) in [6.45, 7) is 0. The van der Waals surface area contributed by atoms with E-state index in [1.54, 1.807) is 0 Å². The Kier molecular flexibility index (Phi) is 8.89. The Bertz CT molecular complexity index is 4010. The largest absolute Gasteiger partial charge is 0.456 e. The average Bonchev–Trinajstić information content (AvgIpc) is 3.78. The molecule has 0 fully saturated rings. The molecule has 0 radical (unpaired) electrons. The second-order valence-corrected chi connectivity index (χ2v) is 17.2. The molecule has 0 saturated carbocycles. The first kappa shape index (κ1) is 37.8. The van der Waals surface area contributed by atoms with E-state index in [0.717, 1.165) is 66.8 Å². The molecule has 0 aliphatic rings. The van der Waals surface area contributed by atoms with Gasteiger partial charge in [-0.2, -0.15) is 0 Å². The Morgan fingerprint density at radius 2 is 0.682 bits per heavy atom. The second kappa shape index (κ2) is 15.5.